The third-order valence-corrected chi connectivity index (χ3v) is 4.69. The topological polar surface area (TPSA) is 75.4 Å². The van der Waals surface area contributed by atoms with Crippen LogP contribution in [0.5, 0.6) is 0 Å². The molecule has 1 aliphatic heterocycles. The van der Waals surface area contributed by atoms with Crippen molar-refractivity contribution in [3.63, 3.8) is 0 Å². The largest absolute Gasteiger partial charge is 0.399 e. The highest BCUT2D eigenvalue weighted by Crippen LogP contribution is 2.20. The number of anilines is 1. The maximum Gasteiger partial charge on any atom is 0.253 e. The summed E-state index contributed by atoms with van der Waals surface area (Å²) in [5.41, 5.74) is 7.74. The summed E-state index contributed by atoms with van der Waals surface area (Å²) in [7, 11) is 0. The van der Waals surface area contributed by atoms with Gasteiger partial charge in [-0.2, -0.15) is 0 Å². The van der Waals surface area contributed by atoms with Crippen molar-refractivity contribution in [1.82, 2.24) is 10.2 Å². The first-order valence-electron chi connectivity index (χ1n) is 8.70. The number of hydrogen-bond acceptors (Lipinski definition) is 3. The number of nitrogens with zero attached hydrogens (tertiary/aromatic N) is 1. The normalized spacial score (nSPS) is 14.3. The van der Waals surface area contributed by atoms with Gasteiger partial charge in [-0.15, -0.1) is 12.4 Å². The van der Waals surface area contributed by atoms with Gasteiger partial charge in [0.05, 0.1) is 0 Å². The second-order valence-corrected chi connectivity index (χ2v) is 6.53. The smallest absolute Gasteiger partial charge is 0.253 e. The number of carbonyl (C=O) groups excluding carboxylic acids is 2. The maximum absolute atomic E-state index is 12.9. The summed E-state index contributed by atoms with van der Waals surface area (Å²) in [5, 5.41) is 2.89. The molecule has 3 rings (SSSR count). The Kier molecular flexibility index (Phi) is 7.19. The molecular weight excluding hydrogens is 369 g/mol. The lowest BCUT2D eigenvalue weighted by atomic mass is 9.95. The van der Waals surface area contributed by atoms with E-state index in [9.17, 15) is 14.0 Å². The predicted molar refractivity (Wildman–Crippen MR) is 105 cm³/mol. The highest BCUT2D eigenvalue weighted by atomic mass is 35.5. The van der Waals surface area contributed by atoms with Crippen LogP contribution >= 0.6 is 12.4 Å². The van der Waals surface area contributed by atoms with Crippen LogP contribution in [0.3, 0.4) is 0 Å². The number of halogens is 2. The van der Waals surface area contributed by atoms with Crippen molar-refractivity contribution in [2.24, 2.45) is 5.92 Å². The predicted octanol–water partition coefficient (Wildman–Crippen LogP) is 3.00. The van der Waals surface area contributed by atoms with Crippen LogP contribution in [-0.4, -0.2) is 29.8 Å². The van der Waals surface area contributed by atoms with Crippen molar-refractivity contribution in [1.29, 1.82) is 0 Å². The summed E-state index contributed by atoms with van der Waals surface area (Å²) >= 11 is 0. The zero-order chi connectivity index (χ0) is 18.5. The second-order valence-electron chi connectivity index (χ2n) is 6.53. The molecule has 0 spiro atoms. The van der Waals surface area contributed by atoms with Crippen LogP contribution in [0, 0.1) is 11.7 Å². The van der Waals surface area contributed by atoms with E-state index in [0.29, 0.717) is 43.7 Å². The average molecular weight is 392 g/mol. The van der Waals surface area contributed by atoms with Gasteiger partial charge in [0.25, 0.3) is 5.91 Å². The van der Waals surface area contributed by atoms with Crippen molar-refractivity contribution in [3.8, 4) is 0 Å². The van der Waals surface area contributed by atoms with Crippen molar-refractivity contribution >= 4 is 29.9 Å². The van der Waals surface area contributed by atoms with Gasteiger partial charge < -0.3 is 16.0 Å². The van der Waals surface area contributed by atoms with Gasteiger partial charge in [0.2, 0.25) is 5.91 Å². The highest BCUT2D eigenvalue weighted by molar-refractivity contribution is 5.94. The molecule has 1 heterocycles. The lowest BCUT2D eigenvalue weighted by molar-refractivity contribution is -0.126. The molecule has 27 heavy (non-hydrogen) atoms. The van der Waals surface area contributed by atoms with E-state index in [2.05, 4.69) is 5.32 Å². The monoisotopic (exact) mass is 391 g/mol. The number of hydrogen-bond donors (Lipinski definition) is 2. The van der Waals surface area contributed by atoms with Gasteiger partial charge >= 0.3 is 0 Å². The summed E-state index contributed by atoms with van der Waals surface area (Å²) < 4.78 is 12.9. The summed E-state index contributed by atoms with van der Waals surface area (Å²) in [6.07, 6.45) is 1.27. The van der Waals surface area contributed by atoms with E-state index in [1.165, 1.54) is 12.1 Å². The number of benzene rings is 2. The van der Waals surface area contributed by atoms with Crippen molar-refractivity contribution in [2.75, 3.05) is 18.8 Å². The molecule has 7 heteroatoms. The van der Waals surface area contributed by atoms with E-state index in [1.807, 2.05) is 0 Å². The fourth-order valence-electron chi connectivity index (χ4n) is 3.09. The van der Waals surface area contributed by atoms with Crippen LogP contribution in [0.4, 0.5) is 10.1 Å². The van der Waals surface area contributed by atoms with Crippen molar-refractivity contribution in [3.05, 3.63) is 65.5 Å². The molecule has 0 aliphatic carbocycles. The van der Waals surface area contributed by atoms with Gasteiger partial charge in [-0.05, 0) is 54.8 Å². The summed E-state index contributed by atoms with van der Waals surface area (Å²) in [6, 6.07) is 12.9. The number of nitrogens with two attached hydrogens (primary N) is 1. The zero-order valence-corrected chi connectivity index (χ0v) is 15.7. The summed E-state index contributed by atoms with van der Waals surface area (Å²) in [4.78, 5) is 26.6. The molecule has 2 amide bonds. The van der Waals surface area contributed by atoms with E-state index < -0.39 is 0 Å². The third-order valence-electron chi connectivity index (χ3n) is 4.69. The Morgan fingerprint density at radius 3 is 2.22 bits per heavy atom. The number of amides is 2. The molecule has 0 radical (unpaired) electrons. The minimum Gasteiger partial charge on any atom is -0.399 e. The Labute approximate surface area is 164 Å². The Balaban J connectivity index is 0.00000261. The van der Waals surface area contributed by atoms with Crippen LogP contribution in [-0.2, 0) is 11.3 Å². The Morgan fingerprint density at radius 2 is 1.63 bits per heavy atom. The molecule has 0 atom stereocenters. The van der Waals surface area contributed by atoms with Gasteiger partial charge in [-0.1, -0.05) is 12.1 Å². The van der Waals surface area contributed by atoms with Crippen LogP contribution in [0.2, 0.25) is 0 Å². The maximum atomic E-state index is 12.9. The number of nitrogen functional groups attached to an aromatic ring is 1. The van der Waals surface area contributed by atoms with Gasteiger partial charge in [-0.3, -0.25) is 9.59 Å². The lowest BCUT2D eigenvalue weighted by Crippen LogP contribution is -2.42. The SMILES string of the molecule is Cl.Nc1ccc(C(=O)N2CCC(C(=O)NCc3ccc(F)cc3)CC2)cc1. The molecule has 3 N–H and O–H groups in total. The van der Waals surface area contributed by atoms with E-state index in [1.54, 1.807) is 41.3 Å². The summed E-state index contributed by atoms with van der Waals surface area (Å²) in [5.74, 6) is -0.451. The molecule has 0 unspecified atom stereocenters. The number of nitrogens with one attached hydrogen (secondary N) is 1. The molecule has 2 aromatic carbocycles. The molecule has 5 nitrogen and oxygen atoms in total. The van der Waals surface area contributed by atoms with Crippen LogP contribution in [0.15, 0.2) is 48.5 Å². The standard InChI is InChI=1S/C20H22FN3O2.ClH/c21-17-5-1-14(2-6-17)13-23-19(25)15-9-11-24(12-10-15)20(26)16-3-7-18(22)8-4-16;/h1-8,15H,9-13,22H2,(H,23,25);1H. The quantitative estimate of drug-likeness (QED) is 0.787. The van der Waals surface area contributed by atoms with Crippen LogP contribution < -0.4 is 11.1 Å². The van der Waals surface area contributed by atoms with E-state index in [-0.39, 0.29) is 36.0 Å². The fourth-order valence-corrected chi connectivity index (χ4v) is 3.09. The first kappa shape index (κ1) is 20.7. The first-order valence-corrected chi connectivity index (χ1v) is 8.70. The van der Waals surface area contributed by atoms with E-state index >= 15 is 0 Å². The number of likely N-dealkylation sites (tertiary alicyclic amines) is 1. The van der Waals surface area contributed by atoms with Gasteiger partial charge in [0.1, 0.15) is 5.82 Å². The molecule has 1 saturated heterocycles. The minimum absolute atomic E-state index is 0. The minimum atomic E-state index is -0.293. The Bertz CT molecular complexity index is 773. The summed E-state index contributed by atoms with van der Waals surface area (Å²) in [6.45, 7) is 1.49. The zero-order valence-electron chi connectivity index (χ0n) is 14.9. The lowest BCUT2D eigenvalue weighted by Gasteiger charge is -2.31. The van der Waals surface area contributed by atoms with Crippen molar-refractivity contribution in [2.45, 2.75) is 19.4 Å². The van der Waals surface area contributed by atoms with Crippen molar-refractivity contribution < 1.29 is 14.0 Å². The second kappa shape index (κ2) is 9.37. The molecule has 0 aromatic heterocycles. The Hall–Kier alpha value is -2.60. The number of rotatable bonds is 4. The molecule has 0 bridgehead atoms. The molecular formula is C20H23ClFN3O2. The van der Waals surface area contributed by atoms with Gasteiger partial charge in [0, 0.05) is 36.8 Å². The van der Waals surface area contributed by atoms with Crippen LogP contribution in [0.25, 0.3) is 0 Å². The molecule has 2 aromatic rings. The average Bonchev–Trinajstić information content (AvgIpc) is 2.67. The Morgan fingerprint density at radius 1 is 1.04 bits per heavy atom. The third kappa shape index (κ3) is 5.44. The van der Waals surface area contributed by atoms with E-state index in [4.69, 9.17) is 5.73 Å². The first-order chi connectivity index (χ1) is 12.5. The fraction of sp³-hybridized carbons (Fsp3) is 0.300. The molecule has 0 saturated carbocycles. The van der Waals surface area contributed by atoms with Gasteiger partial charge in [-0.25, -0.2) is 4.39 Å². The molecule has 144 valence electrons. The number of piperidine rings is 1. The highest BCUT2D eigenvalue weighted by Gasteiger charge is 2.27. The molecule has 1 fully saturated rings. The van der Waals surface area contributed by atoms with Crippen LogP contribution in [0.1, 0.15) is 28.8 Å². The number of carbonyl (C=O) groups is 2. The van der Waals surface area contributed by atoms with Gasteiger partial charge in [0.15, 0.2) is 0 Å². The van der Waals surface area contributed by atoms with E-state index in [0.717, 1.165) is 5.56 Å². The molecule has 1 aliphatic rings.